The number of hydrogen-bond acceptors (Lipinski definition) is 7. The minimum atomic E-state index is -0.995. The van der Waals surface area contributed by atoms with Crippen molar-refractivity contribution >= 4 is 18.0 Å². The standard InChI is InChI=1S/C30H44N2O7/c1-17(33)39-24-14-30(37)22-5-4-20-12-18(23-15-31-10-11-32(23)27(35)36)6-8-28(20,2)21(22)7-9-29(30,3)26(24)19-13-25(34)38-16-19/h13,18,20-24,26,31,37H,4-12,14-16H2,1-3H3,(H,35,36)/t18-,20+,21-,22+,23?,24-,26-,28-,29+,30-/m0/s1. The molecule has 1 amide bonds. The molecule has 0 aromatic heterocycles. The Hall–Kier alpha value is -2.13. The lowest BCUT2D eigenvalue weighted by molar-refractivity contribution is -0.207. The molecule has 9 heteroatoms. The Labute approximate surface area is 230 Å². The molecule has 39 heavy (non-hydrogen) atoms. The second-order valence-corrected chi connectivity index (χ2v) is 13.8. The molecule has 0 spiro atoms. The number of carboxylic acid groups (broad SMARTS) is 1. The smallest absolute Gasteiger partial charge is 0.407 e. The highest BCUT2D eigenvalue weighted by Crippen LogP contribution is 2.70. The maximum absolute atomic E-state index is 12.7. The predicted molar refractivity (Wildman–Crippen MR) is 142 cm³/mol. The van der Waals surface area contributed by atoms with Gasteiger partial charge in [-0.1, -0.05) is 13.8 Å². The van der Waals surface area contributed by atoms with Gasteiger partial charge >= 0.3 is 18.0 Å². The SMILES string of the molecule is CC(=O)O[C@H]1C[C@]2(O)[C@@H]3CC[C@@H]4C[C@@H](C5CNCCN5C(=O)O)CC[C@]4(C)[C@H]3CC[C@]2(C)[C@H]1C1=CC(=O)OC1. The van der Waals surface area contributed by atoms with E-state index in [0.717, 1.165) is 57.1 Å². The first-order valence-corrected chi connectivity index (χ1v) is 14.9. The quantitative estimate of drug-likeness (QED) is 0.462. The number of rotatable bonds is 3. The molecular formula is C30H44N2O7. The van der Waals surface area contributed by atoms with E-state index in [0.29, 0.717) is 37.3 Å². The van der Waals surface area contributed by atoms with Crippen molar-refractivity contribution in [3.05, 3.63) is 11.6 Å². The third kappa shape index (κ3) is 4.04. The Morgan fingerprint density at radius 3 is 2.64 bits per heavy atom. The Morgan fingerprint density at radius 1 is 1.15 bits per heavy atom. The summed E-state index contributed by atoms with van der Waals surface area (Å²) >= 11 is 0. The zero-order valence-electron chi connectivity index (χ0n) is 23.5. The van der Waals surface area contributed by atoms with Gasteiger partial charge in [0.2, 0.25) is 0 Å². The third-order valence-electron chi connectivity index (χ3n) is 12.4. The highest BCUT2D eigenvalue weighted by Gasteiger charge is 2.71. The Morgan fingerprint density at radius 2 is 1.95 bits per heavy atom. The van der Waals surface area contributed by atoms with E-state index >= 15 is 0 Å². The van der Waals surface area contributed by atoms with Gasteiger partial charge in [-0.15, -0.1) is 0 Å². The van der Waals surface area contributed by atoms with Gasteiger partial charge in [0.05, 0.1) is 11.6 Å². The molecule has 10 atom stereocenters. The first kappa shape index (κ1) is 27.1. The molecule has 5 fully saturated rings. The van der Waals surface area contributed by atoms with E-state index in [1.54, 1.807) is 11.0 Å². The van der Waals surface area contributed by atoms with Gasteiger partial charge in [-0.2, -0.15) is 0 Å². The Bertz CT molecular complexity index is 1080. The molecule has 2 heterocycles. The Balaban J connectivity index is 1.26. The fraction of sp³-hybridized carbons (Fsp3) is 0.833. The highest BCUT2D eigenvalue weighted by molar-refractivity contribution is 5.85. The number of cyclic esters (lactones) is 1. The molecule has 6 rings (SSSR count). The first-order chi connectivity index (χ1) is 18.5. The van der Waals surface area contributed by atoms with Gasteiger partial charge in [0.1, 0.15) is 12.7 Å². The summed E-state index contributed by atoms with van der Waals surface area (Å²) in [5, 5.41) is 25.9. The van der Waals surface area contributed by atoms with Crippen molar-refractivity contribution in [1.82, 2.24) is 10.2 Å². The summed E-state index contributed by atoms with van der Waals surface area (Å²) in [6.07, 6.45) is 7.50. The molecule has 4 saturated carbocycles. The van der Waals surface area contributed by atoms with Crippen LogP contribution < -0.4 is 5.32 Å². The van der Waals surface area contributed by atoms with Crippen LogP contribution in [-0.4, -0.2) is 77.1 Å². The maximum atomic E-state index is 12.7. The summed E-state index contributed by atoms with van der Waals surface area (Å²) in [5.41, 5.74) is -0.573. The van der Waals surface area contributed by atoms with Crippen LogP contribution in [-0.2, 0) is 19.1 Å². The Kier molecular flexibility index (Phi) is 6.57. The number of nitrogens with one attached hydrogen (secondary N) is 1. The van der Waals surface area contributed by atoms with Gasteiger partial charge in [-0.05, 0) is 79.6 Å². The van der Waals surface area contributed by atoms with Crippen molar-refractivity contribution in [2.75, 3.05) is 26.2 Å². The van der Waals surface area contributed by atoms with E-state index < -0.39 is 23.2 Å². The summed E-state index contributed by atoms with van der Waals surface area (Å²) in [7, 11) is 0. The van der Waals surface area contributed by atoms with Crippen molar-refractivity contribution in [2.45, 2.75) is 89.9 Å². The topological polar surface area (TPSA) is 125 Å². The average molecular weight is 545 g/mol. The minimum absolute atomic E-state index is 0.0297. The molecule has 216 valence electrons. The number of esters is 2. The molecule has 1 unspecified atom stereocenters. The van der Waals surface area contributed by atoms with Crippen molar-refractivity contribution in [3.63, 3.8) is 0 Å². The summed E-state index contributed by atoms with van der Waals surface area (Å²) in [6.45, 7) is 8.17. The van der Waals surface area contributed by atoms with Crippen LogP contribution in [0.4, 0.5) is 4.79 Å². The van der Waals surface area contributed by atoms with Gasteiger partial charge in [-0.25, -0.2) is 9.59 Å². The lowest BCUT2D eigenvalue weighted by Gasteiger charge is -2.64. The number of fused-ring (bicyclic) bond motifs is 5. The van der Waals surface area contributed by atoms with Crippen LogP contribution in [0.3, 0.4) is 0 Å². The normalized spacial score (nSPS) is 47.4. The molecule has 0 aromatic carbocycles. The zero-order valence-corrected chi connectivity index (χ0v) is 23.5. The van der Waals surface area contributed by atoms with Crippen molar-refractivity contribution in [2.24, 2.45) is 40.4 Å². The van der Waals surface area contributed by atoms with E-state index in [9.17, 15) is 24.6 Å². The molecule has 1 saturated heterocycles. The number of amides is 1. The lowest BCUT2D eigenvalue weighted by Crippen LogP contribution is -2.63. The molecule has 0 radical (unpaired) electrons. The maximum Gasteiger partial charge on any atom is 0.407 e. The van der Waals surface area contributed by atoms with Crippen LogP contribution in [0.5, 0.6) is 0 Å². The first-order valence-electron chi connectivity index (χ1n) is 14.9. The predicted octanol–water partition coefficient (Wildman–Crippen LogP) is 3.35. The third-order valence-corrected chi connectivity index (χ3v) is 12.4. The number of carbonyl (C=O) groups excluding carboxylic acids is 2. The molecule has 6 aliphatic rings. The lowest BCUT2D eigenvalue weighted by atomic mass is 9.42. The molecular weight excluding hydrogens is 500 g/mol. The number of hydrogen-bond donors (Lipinski definition) is 3. The van der Waals surface area contributed by atoms with Gasteiger partial charge in [0, 0.05) is 50.4 Å². The molecule has 2 aliphatic heterocycles. The molecule has 3 N–H and O–H groups in total. The highest BCUT2D eigenvalue weighted by atomic mass is 16.5. The zero-order chi connectivity index (χ0) is 27.7. The van der Waals surface area contributed by atoms with E-state index in [4.69, 9.17) is 9.47 Å². The van der Waals surface area contributed by atoms with Gasteiger partial charge in [0.15, 0.2) is 0 Å². The number of nitrogens with zero attached hydrogens (tertiary/aromatic N) is 1. The van der Waals surface area contributed by atoms with E-state index in [1.807, 2.05) is 0 Å². The van der Waals surface area contributed by atoms with Crippen LogP contribution in [0, 0.1) is 40.4 Å². The second kappa shape index (κ2) is 9.47. The molecule has 0 aromatic rings. The fourth-order valence-electron chi connectivity index (χ4n) is 10.5. The number of ether oxygens (including phenoxy) is 2. The number of carbonyl (C=O) groups is 3. The van der Waals surface area contributed by atoms with Crippen molar-refractivity contribution in [1.29, 1.82) is 0 Å². The largest absolute Gasteiger partial charge is 0.465 e. The summed E-state index contributed by atoms with van der Waals surface area (Å²) < 4.78 is 11.1. The summed E-state index contributed by atoms with van der Waals surface area (Å²) in [5.74, 6) is 0.370. The number of piperazine rings is 1. The van der Waals surface area contributed by atoms with E-state index in [1.165, 1.54) is 6.92 Å². The minimum Gasteiger partial charge on any atom is -0.465 e. The van der Waals surface area contributed by atoms with Gasteiger partial charge in [-0.3, -0.25) is 4.79 Å². The number of aliphatic hydroxyl groups is 1. The van der Waals surface area contributed by atoms with Crippen LogP contribution >= 0.6 is 0 Å². The van der Waals surface area contributed by atoms with Crippen LogP contribution in [0.1, 0.15) is 72.1 Å². The van der Waals surface area contributed by atoms with Gasteiger partial charge in [0.25, 0.3) is 0 Å². The molecule has 0 bridgehead atoms. The monoisotopic (exact) mass is 544 g/mol. The van der Waals surface area contributed by atoms with E-state index in [2.05, 4.69) is 19.2 Å². The van der Waals surface area contributed by atoms with E-state index in [-0.39, 0.29) is 41.8 Å². The average Bonchev–Trinajstić information content (AvgIpc) is 3.40. The fourth-order valence-corrected chi connectivity index (χ4v) is 10.5. The van der Waals surface area contributed by atoms with Crippen LogP contribution in [0.25, 0.3) is 0 Å². The van der Waals surface area contributed by atoms with Gasteiger partial charge < -0.3 is 29.9 Å². The van der Waals surface area contributed by atoms with Crippen molar-refractivity contribution < 1.29 is 34.1 Å². The van der Waals surface area contributed by atoms with Crippen LogP contribution in [0.2, 0.25) is 0 Å². The summed E-state index contributed by atoms with van der Waals surface area (Å²) in [4.78, 5) is 37.7. The molecule has 4 aliphatic carbocycles. The second-order valence-electron chi connectivity index (χ2n) is 13.8. The molecule has 9 nitrogen and oxygen atoms in total. The van der Waals surface area contributed by atoms with Crippen LogP contribution in [0.15, 0.2) is 11.6 Å². The summed E-state index contributed by atoms with van der Waals surface area (Å²) in [6, 6.07) is 0.0297. The van der Waals surface area contributed by atoms with Crippen molar-refractivity contribution in [3.8, 4) is 0 Å².